The minimum Gasteiger partial charge on any atom is -0.486 e. The summed E-state index contributed by atoms with van der Waals surface area (Å²) >= 11 is 5.49. The van der Waals surface area contributed by atoms with Gasteiger partial charge in [0.25, 0.3) is 0 Å². The Morgan fingerprint density at radius 1 is 1.35 bits per heavy atom. The minimum atomic E-state index is -0.857. The van der Waals surface area contributed by atoms with E-state index in [2.05, 4.69) is 4.74 Å². The van der Waals surface area contributed by atoms with Crippen molar-refractivity contribution in [1.29, 1.82) is 0 Å². The molecule has 0 saturated carbocycles. The molecular formula is C11H11ClO5. The number of alkyl halides is 1. The van der Waals surface area contributed by atoms with Crippen LogP contribution in [0, 0.1) is 0 Å². The molecule has 0 saturated heterocycles. The van der Waals surface area contributed by atoms with Crippen molar-refractivity contribution >= 4 is 17.8 Å². The van der Waals surface area contributed by atoms with Crippen LogP contribution in [-0.4, -0.2) is 24.9 Å². The van der Waals surface area contributed by atoms with Crippen molar-refractivity contribution in [3.63, 3.8) is 0 Å². The number of hydrogen-bond acceptors (Lipinski definition) is 5. The summed E-state index contributed by atoms with van der Waals surface area (Å²) in [5, 5.41) is 0. The highest BCUT2D eigenvalue weighted by Crippen LogP contribution is 2.33. The number of hydrogen-bond donors (Lipinski definition) is 0. The highest BCUT2D eigenvalue weighted by molar-refractivity contribution is 6.19. The predicted molar refractivity (Wildman–Crippen MR) is 59.9 cm³/mol. The molecule has 92 valence electrons. The number of rotatable bonds is 2. The zero-order valence-electron chi connectivity index (χ0n) is 9.14. The van der Waals surface area contributed by atoms with Gasteiger partial charge in [-0.1, -0.05) is 11.6 Å². The number of benzene rings is 1. The Bertz CT molecular complexity index is 418. The molecule has 0 fully saturated rings. The molecule has 1 heterocycles. The largest absolute Gasteiger partial charge is 0.515 e. The van der Waals surface area contributed by atoms with Gasteiger partial charge in [-0.2, -0.15) is 0 Å². The van der Waals surface area contributed by atoms with Gasteiger partial charge in [-0.15, -0.1) is 0 Å². The Kier molecular flexibility index (Phi) is 3.58. The number of fused-ring (bicyclic) bond motifs is 1. The van der Waals surface area contributed by atoms with Gasteiger partial charge in [-0.3, -0.25) is 0 Å². The lowest BCUT2D eigenvalue weighted by Gasteiger charge is -2.18. The molecule has 6 heteroatoms. The smallest absolute Gasteiger partial charge is 0.486 e. The number of halogens is 1. The topological polar surface area (TPSA) is 54.0 Å². The fraction of sp³-hybridized carbons (Fsp3) is 0.364. The first-order chi connectivity index (χ1) is 8.15. The zero-order chi connectivity index (χ0) is 12.3. The molecule has 1 atom stereocenters. The lowest BCUT2D eigenvalue weighted by molar-refractivity contribution is 0.0920. The molecule has 0 spiro atoms. The van der Waals surface area contributed by atoms with Crippen molar-refractivity contribution in [2.75, 3.05) is 13.2 Å². The number of carbonyl (C=O) groups is 1. The maximum absolute atomic E-state index is 11.2. The van der Waals surface area contributed by atoms with Crippen molar-refractivity contribution < 1.29 is 23.7 Å². The zero-order valence-corrected chi connectivity index (χ0v) is 9.90. The molecule has 1 aromatic rings. The second-order valence-corrected chi connectivity index (χ2v) is 3.93. The summed E-state index contributed by atoms with van der Waals surface area (Å²) in [6.07, 6.45) is -0.857. The quantitative estimate of drug-likeness (QED) is 0.464. The van der Waals surface area contributed by atoms with Crippen LogP contribution in [0.5, 0.6) is 17.2 Å². The molecule has 0 aliphatic carbocycles. The minimum absolute atomic E-state index is 0.316. The molecule has 0 bridgehead atoms. The van der Waals surface area contributed by atoms with E-state index < -0.39 is 11.7 Å². The highest BCUT2D eigenvalue weighted by atomic mass is 35.5. The molecule has 1 aliphatic heterocycles. The van der Waals surface area contributed by atoms with Crippen LogP contribution in [0.4, 0.5) is 4.79 Å². The summed E-state index contributed by atoms with van der Waals surface area (Å²) in [6.45, 7) is 2.51. The number of ether oxygens (including phenoxy) is 4. The lowest BCUT2D eigenvalue weighted by atomic mass is 10.3. The third-order valence-corrected chi connectivity index (χ3v) is 2.06. The van der Waals surface area contributed by atoms with Crippen LogP contribution < -0.4 is 14.2 Å². The number of carbonyl (C=O) groups excluding carboxylic acids is 1. The van der Waals surface area contributed by atoms with Gasteiger partial charge in [0.15, 0.2) is 17.1 Å². The first kappa shape index (κ1) is 11.9. The molecule has 1 aliphatic rings. The maximum atomic E-state index is 11.2. The van der Waals surface area contributed by atoms with E-state index in [-0.39, 0.29) is 0 Å². The van der Waals surface area contributed by atoms with Gasteiger partial charge in [-0.25, -0.2) is 4.79 Å². The maximum Gasteiger partial charge on any atom is 0.515 e. The van der Waals surface area contributed by atoms with Crippen molar-refractivity contribution in [1.82, 2.24) is 0 Å². The Morgan fingerprint density at radius 3 is 2.76 bits per heavy atom. The van der Waals surface area contributed by atoms with Gasteiger partial charge >= 0.3 is 6.16 Å². The first-order valence-corrected chi connectivity index (χ1v) is 5.51. The van der Waals surface area contributed by atoms with E-state index in [1.54, 1.807) is 18.2 Å². The normalized spacial score (nSPS) is 14.9. The van der Waals surface area contributed by atoms with Crippen molar-refractivity contribution in [2.45, 2.75) is 12.5 Å². The Morgan fingerprint density at radius 2 is 2.06 bits per heavy atom. The summed E-state index contributed by atoms with van der Waals surface area (Å²) in [4.78, 5) is 11.2. The van der Waals surface area contributed by atoms with Gasteiger partial charge in [0, 0.05) is 6.07 Å². The van der Waals surface area contributed by atoms with Crippen LogP contribution in [0.15, 0.2) is 18.2 Å². The van der Waals surface area contributed by atoms with E-state index in [4.69, 9.17) is 25.8 Å². The van der Waals surface area contributed by atoms with E-state index in [1.807, 2.05) is 0 Å². The van der Waals surface area contributed by atoms with Gasteiger partial charge in [0.05, 0.1) is 0 Å². The summed E-state index contributed by atoms with van der Waals surface area (Å²) < 4.78 is 20.2. The SMILES string of the molecule is CC(Cl)OC(=O)Oc1ccc2c(c1)OCCO2. The summed E-state index contributed by atoms with van der Waals surface area (Å²) in [6, 6.07) is 4.82. The first-order valence-electron chi connectivity index (χ1n) is 5.07. The third kappa shape index (κ3) is 3.17. The lowest BCUT2D eigenvalue weighted by Crippen LogP contribution is -2.16. The van der Waals surface area contributed by atoms with Crippen LogP contribution in [0.2, 0.25) is 0 Å². The molecule has 2 rings (SSSR count). The molecule has 1 aromatic carbocycles. The van der Waals surface area contributed by atoms with Crippen LogP contribution in [-0.2, 0) is 4.74 Å². The highest BCUT2D eigenvalue weighted by Gasteiger charge is 2.15. The molecule has 0 aromatic heterocycles. The van der Waals surface area contributed by atoms with E-state index >= 15 is 0 Å². The molecule has 0 amide bonds. The van der Waals surface area contributed by atoms with E-state index in [1.165, 1.54) is 6.92 Å². The molecule has 17 heavy (non-hydrogen) atoms. The van der Waals surface area contributed by atoms with Crippen LogP contribution >= 0.6 is 11.6 Å². The van der Waals surface area contributed by atoms with Crippen molar-refractivity contribution in [3.8, 4) is 17.2 Å². The molecule has 5 nitrogen and oxygen atoms in total. The Hall–Kier alpha value is -1.62. The Labute approximate surface area is 103 Å². The third-order valence-electron chi connectivity index (χ3n) is 1.97. The van der Waals surface area contributed by atoms with Crippen LogP contribution in [0.3, 0.4) is 0 Å². The monoisotopic (exact) mass is 258 g/mol. The van der Waals surface area contributed by atoms with Crippen LogP contribution in [0.1, 0.15) is 6.92 Å². The second-order valence-electron chi connectivity index (χ2n) is 3.32. The Balaban J connectivity index is 2.04. The average molecular weight is 259 g/mol. The molecule has 0 radical (unpaired) electrons. The summed E-state index contributed by atoms with van der Waals surface area (Å²) in [7, 11) is 0. The van der Waals surface area contributed by atoms with E-state index in [0.29, 0.717) is 30.5 Å². The standard InChI is InChI=1S/C11H11ClO5/c1-7(12)16-11(13)17-8-2-3-9-10(6-8)15-5-4-14-9/h2-3,6-7H,4-5H2,1H3. The van der Waals surface area contributed by atoms with Crippen molar-refractivity contribution in [3.05, 3.63) is 18.2 Å². The predicted octanol–water partition coefficient (Wildman–Crippen LogP) is 2.56. The van der Waals surface area contributed by atoms with Gasteiger partial charge in [0.1, 0.15) is 19.0 Å². The molecule has 0 N–H and O–H groups in total. The van der Waals surface area contributed by atoms with Gasteiger partial charge in [0.2, 0.25) is 0 Å². The molecule has 1 unspecified atom stereocenters. The fourth-order valence-corrected chi connectivity index (χ4v) is 1.41. The summed E-state index contributed by atoms with van der Waals surface area (Å²) in [5.41, 5.74) is -0.736. The molecular weight excluding hydrogens is 248 g/mol. The van der Waals surface area contributed by atoms with E-state index in [9.17, 15) is 4.79 Å². The van der Waals surface area contributed by atoms with Crippen molar-refractivity contribution in [2.24, 2.45) is 0 Å². The fourth-order valence-electron chi connectivity index (χ4n) is 1.34. The van der Waals surface area contributed by atoms with Crippen LogP contribution in [0.25, 0.3) is 0 Å². The van der Waals surface area contributed by atoms with E-state index in [0.717, 1.165) is 0 Å². The van der Waals surface area contributed by atoms with Gasteiger partial charge < -0.3 is 18.9 Å². The second kappa shape index (κ2) is 5.14. The van der Waals surface area contributed by atoms with Gasteiger partial charge in [-0.05, 0) is 19.1 Å². The average Bonchev–Trinajstić information content (AvgIpc) is 2.27. The summed E-state index contributed by atoms with van der Waals surface area (Å²) in [5.74, 6) is 1.49.